The highest BCUT2D eigenvalue weighted by molar-refractivity contribution is 7.61. The molecule has 0 aliphatic carbocycles. The van der Waals surface area contributed by atoms with Gasteiger partial charge in [-0.3, -0.25) is 9.05 Å². The van der Waals surface area contributed by atoms with Gasteiger partial charge in [0.15, 0.2) is 0 Å². The Labute approximate surface area is 146 Å². The molecule has 0 amide bonds. The molecule has 0 spiro atoms. The van der Waals surface area contributed by atoms with Crippen molar-refractivity contribution in [2.24, 2.45) is 0 Å². The molecule has 0 rings (SSSR count). The lowest BCUT2D eigenvalue weighted by Crippen LogP contribution is -2.11. The number of phosphoric acid groups is 4. The molecule has 0 aromatic carbocycles. The first kappa shape index (κ1) is 26.4. The second kappa shape index (κ2) is 11.4. The van der Waals surface area contributed by atoms with E-state index in [1.54, 1.807) is 0 Å². The zero-order valence-electron chi connectivity index (χ0n) is 12.8. The van der Waals surface area contributed by atoms with E-state index in [0.29, 0.717) is 0 Å². The number of rotatable bonds is 15. The SMILES string of the molecule is O=P(O)(O)OP(=O)(O)OCCOCCOCCOP(=O)(O)OP(=O)(O)O. The molecule has 0 radical (unpaired) electrons. The Kier molecular flexibility index (Phi) is 11.6. The summed E-state index contributed by atoms with van der Waals surface area (Å²) in [5.74, 6) is 0. The van der Waals surface area contributed by atoms with Gasteiger partial charge in [-0.15, -0.1) is 0 Å². The van der Waals surface area contributed by atoms with Crippen molar-refractivity contribution in [3.8, 4) is 0 Å². The molecule has 0 aromatic heterocycles. The molecule has 0 bridgehead atoms. The third-order valence-electron chi connectivity index (χ3n) is 1.76. The van der Waals surface area contributed by atoms with Gasteiger partial charge in [0.1, 0.15) is 0 Å². The van der Waals surface area contributed by atoms with Crippen molar-refractivity contribution in [3.05, 3.63) is 0 Å². The van der Waals surface area contributed by atoms with Crippen LogP contribution in [0.1, 0.15) is 0 Å². The van der Waals surface area contributed by atoms with Gasteiger partial charge in [-0.25, -0.2) is 18.3 Å². The van der Waals surface area contributed by atoms with Crippen LogP contribution in [0.3, 0.4) is 0 Å². The van der Waals surface area contributed by atoms with Crippen LogP contribution >= 0.6 is 31.3 Å². The van der Waals surface area contributed by atoms with Crippen LogP contribution in [0.4, 0.5) is 0 Å². The van der Waals surface area contributed by atoms with Crippen LogP contribution in [0.15, 0.2) is 0 Å². The first-order chi connectivity index (χ1) is 11.6. The Morgan fingerprint density at radius 3 is 1.04 bits per heavy atom. The highest BCUT2D eigenvalue weighted by Crippen LogP contribution is 2.58. The van der Waals surface area contributed by atoms with Crippen LogP contribution in [-0.2, 0) is 45.4 Å². The lowest BCUT2D eigenvalue weighted by molar-refractivity contribution is 0.0210. The molecule has 0 aliphatic heterocycles. The largest absolute Gasteiger partial charge is 0.481 e. The molecule has 16 nitrogen and oxygen atoms in total. The highest BCUT2D eigenvalue weighted by atomic mass is 31.3. The molecule has 0 aromatic rings. The molecule has 0 saturated carbocycles. The van der Waals surface area contributed by atoms with E-state index >= 15 is 0 Å². The molecular formula is C6H18O16P4. The molecule has 20 heteroatoms. The van der Waals surface area contributed by atoms with Gasteiger partial charge in [0.2, 0.25) is 0 Å². The minimum Gasteiger partial charge on any atom is -0.377 e. The summed E-state index contributed by atoms with van der Waals surface area (Å²) in [5, 5.41) is 0. The lowest BCUT2D eigenvalue weighted by Gasteiger charge is -2.13. The van der Waals surface area contributed by atoms with Gasteiger partial charge in [-0.2, -0.15) is 8.62 Å². The van der Waals surface area contributed by atoms with Gasteiger partial charge in [-0.05, 0) is 0 Å². The van der Waals surface area contributed by atoms with Crippen molar-refractivity contribution in [3.63, 3.8) is 0 Å². The van der Waals surface area contributed by atoms with E-state index < -0.39 is 44.5 Å². The van der Waals surface area contributed by atoms with Gasteiger partial charge in [-0.1, -0.05) is 0 Å². The van der Waals surface area contributed by atoms with E-state index in [1.807, 2.05) is 0 Å². The number of hydrogen-bond acceptors (Lipinski definition) is 10. The van der Waals surface area contributed by atoms with Gasteiger partial charge >= 0.3 is 31.3 Å². The van der Waals surface area contributed by atoms with E-state index in [-0.39, 0.29) is 26.4 Å². The molecule has 0 fully saturated rings. The van der Waals surface area contributed by atoms with Gasteiger partial charge in [0, 0.05) is 0 Å². The van der Waals surface area contributed by atoms with Crippen LogP contribution < -0.4 is 0 Å². The zero-order chi connectivity index (χ0) is 20.5. The quantitative estimate of drug-likeness (QED) is 0.130. The van der Waals surface area contributed by atoms with E-state index in [4.69, 9.17) is 38.8 Å². The average molecular weight is 470 g/mol. The normalized spacial score (nSPS) is 17.6. The van der Waals surface area contributed by atoms with Crippen molar-refractivity contribution in [2.75, 3.05) is 39.6 Å². The third kappa shape index (κ3) is 17.8. The number of hydrogen-bond donors (Lipinski definition) is 6. The van der Waals surface area contributed by atoms with Gasteiger partial charge < -0.3 is 38.8 Å². The predicted octanol–water partition coefficient (Wildman–Crippen LogP) is -0.528. The summed E-state index contributed by atoms with van der Waals surface area (Å²) in [6.45, 7) is -1.68. The van der Waals surface area contributed by atoms with Gasteiger partial charge in [0.25, 0.3) is 0 Å². The minimum atomic E-state index is -5.19. The first-order valence-corrected chi connectivity index (χ1v) is 12.3. The summed E-state index contributed by atoms with van der Waals surface area (Å²) < 4.78 is 67.9. The zero-order valence-corrected chi connectivity index (χ0v) is 16.4. The number of phosphoric ester groups is 2. The topological polar surface area (TPSA) is 245 Å². The molecular weight excluding hydrogens is 452 g/mol. The Bertz CT molecular complexity index is 540. The van der Waals surface area contributed by atoms with Crippen LogP contribution in [0.2, 0.25) is 0 Å². The van der Waals surface area contributed by atoms with Crippen molar-refractivity contribution in [2.45, 2.75) is 0 Å². The third-order valence-corrected chi connectivity index (χ3v) is 6.13. The lowest BCUT2D eigenvalue weighted by atomic mass is 10.7. The minimum absolute atomic E-state index is 0.0613. The molecule has 6 N–H and O–H groups in total. The smallest absolute Gasteiger partial charge is 0.377 e. The summed E-state index contributed by atoms with van der Waals surface area (Å²) in [4.78, 5) is 51.2. The van der Waals surface area contributed by atoms with Crippen molar-refractivity contribution in [1.29, 1.82) is 0 Å². The molecule has 158 valence electrons. The predicted molar refractivity (Wildman–Crippen MR) is 79.5 cm³/mol. The number of ether oxygens (including phenoxy) is 2. The average Bonchev–Trinajstić information content (AvgIpc) is 2.35. The van der Waals surface area contributed by atoms with E-state index in [2.05, 4.69) is 17.7 Å². The maximum Gasteiger partial charge on any atom is 0.481 e. The fraction of sp³-hybridized carbons (Fsp3) is 1.00. The Hall–Kier alpha value is 0.440. The highest BCUT2D eigenvalue weighted by Gasteiger charge is 2.32. The summed E-state index contributed by atoms with van der Waals surface area (Å²) in [7, 11) is -20.2. The van der Waals surface area contributed by atoms with Crippen molar-refractivity contribution in [1.82, 2.24) is 0 Å². The van der Waals surface area contributed by atoms with E-state index in [0.717, 1.165) is 0 Å². The summed E-state index contributed by atoms with van der Waals surface area (Å²) in [5.41, 5.74) is 0. The monoisotopic (exact) mass is 470 g/mol. The fourth-order valence-corrected chi connectivity index (χ4v) is 4.20. The Morgan fingerprint density at radius 1 is 0.500 bits per heavy atom. The maximum atomic E-state index is 11.0. The molecule has 2 atom stereocenters. The molecule has 0 heterocycles. The van der Waals surface area contributed by atoms with E-state index in [9.17, 15) is 18.3 Å². The van der Waals surface area contributed by atoms with Gasteiger partial charge in [0.05, 0.1) is 39.6 Å². The first-order valence-electron chi connectivity index (χ1n) is 6.26. The van der Waals surface area contributed by atoms with Crippen molar-refractivity contribution < 1.29 is 74.8 Å². The maximum absolute atomic E-state index is 11.0. The Balaban J connectivity index is 3.66. The summed E-state index contributed by atoms with van der Waals surface area (Å²) >= 11 is 0. The second-order valence-corrected chi connectivity index (χ2v) is 9.63. The summed E-state index contributed by atoms with van der Waals surface area (Å²) in [6, 6.07) is 0. The Morgan fingerprint density at radius 2 is 0.769 bits per heavy atom. The van der Waals surface area contributed by atoms with Crippen LogP contribution in [0.25, 0.3) is 0 Å². The van der Waals surface area contributed by atoms with E-state index in [1.165, 1.54) is 0 Å². The van der Waals surface area contributed by atoms with Crippen LogP contribution in [0.5, 0.6) is 0 Å². The molecule has 2 unspecified atom stereocenters. The second-order valence-electron chi connectivity index (χ2n) is 3.97. The summed E-state index contributed by atoms with van der Waals surface area (Å²) in [6.07, 6.45) is 0. The van der Waals surface area contributed by atoms with Crippen molar-refractivity contribution >= 4 is 31.3 Å². The standard InChI is InChI=1S/C6H18O16P4/c7-23(8,9)21-25(13,14)19-5-3-17-1-2-18-4-6-20-26(15,16)22-24(10,11)12/h1-6H2,(H,13,14)(H,15,16)(H2,7,8,9)(H2,10,11,12). The fourth-order valence-electron chi connectivity index (χ4n) is 1.06. The molecule has 0 aliphatic rings. The van der Waals surface area contributed by atoms with Crippen LogP contribution in [-0.4, -0.2) is 69.0 Å². The van der Waals surface area contributed by atoms with Crippen LogP contribution in [0, 0.1) is 0 Å². The molecule has 0 saturated heterocycles. The molecule has 26 heavy (non-hydrogen) atoms.